The van der Waals surface area contributed by atoms with Crippen molar-refractivity contribution in [2.45, 2.75) is 19.9 Å². The van der Waals surface area contributed by atoms with Gasteiger partial charge in [-0.1, -0.05) is 18.2 Å². The molecule has 1 atom stereocenters. The Morgan fingerprint density at radius 1 is 1.27 bits per heavy atom. The second-order valence-electron chi connectivity index (χ2n) is 6.49. The minimum Gasteiger partial charge on any atom is -0.503 e. The lowest BCUT2D eigenvalue weighted by Gasteiger charge is -2.16. The van der Waals surface area contributed by atoms with Crippen molar-refractivity contribution in [1.29, 1.82) is 0 Å². The Morgan fingerprint density at radius 2 is 2.00 bits per heavy atom. The van der Waals surface area contributed by atoms with E-state index in [0.29, 0.717) is 0 Å². The Morgan fingerprint density at radius 3 is 2.65 bits per heavy atom. The van der Waals surface area contributed by atoms with Crippen molar-refractivity contribution in [2.75, 3.05) is 13.6 Å². The van der Waals surface area contributed by atoms with E-state index in [2.05, 4.69) is 10.3 Å². The maximum absolute atomic E-state index is 12.4. The molecule has 1 aliphatic rings. The Hall–Kier alpha value is -3.15. The third-order valence-electron chi connectivity index (χ3n) is 4.47. The summed E-state index contributed by atoms with van der Waals surface area (Å²) in [5, 5.41) is 12.7. The van der Waals surface area contributed by atoms with Crippen LogP contribution in [0.5, 0.6) is 0 Å². The number of benzene rings is 1. The third kappa shape index (κ3) is 3.44. The molecule has 6 heteroatoms. The number of amides is 2. The van der Waals surface area contributed by atoms with E-state index in [1.54, 1.807) is 13.2 Å². The maximum atomic E-state index is 12.4. The lowest BCUT2D eigenvalue weighted by Crippen LogP contribution is -2.30. The molecule has 1 aromatic heterocycles. The summed E-state index contributed by atoms with van der Waals surface area (Å²) >= 11 is 0. The van der Waals surface area contributed by atoms with E-state index >= 15 is 0 Å². The van der Waals surface area contributed by atoms with Crippen LogP contribution in [0, 0.1) is 6.92 Å². The minimum atomic E-state index is -0.530. The van der Waals surface area contributed by atoms with E-state index in [1.807, 2.05) is 50.2 Å². The van der Waals surface area contributed by atoms with Crippen molar-refractivity contribution in [3.8, 4) is 11.1 Å². The number of hydrogen-bond acceptors (Lipinski definition) is 4. The largest absolute Gasteiger partial charge is 0.503 e. The SMILES string of the molecule is Cc1cc(-c2cccc([C@@H](C)NC(=O)C3=C(O)C(=O)N(C)C3)c2)ccn1. The van der Waals surface area contributed by atoms with Gasteiger partial charge in [0.05, 0.1) is 18.2 Å². The molecule has 0 unspecified atom stereocenters. The number of aliphatic hydroxyl groups is 1. The van der Waals surface area contributed by atoms with Gasteiger partial charge < -0.3 is 15.3 Å². The Balaban J connectivity index is 1.79. The first-order chi connectivity index (χ1) is 12.4. The lowest BCUT2D eigenvalue weighted by molar-refractivity contribution is -0.126. The van der Waals surface area contributed by atoms with E-state index in [9.17, 15) is 14.7 Å². The van der Waals surface area contributed by atoms with E-state index in [0.717, 1.165) is 22.4 Å². The standard InChI is InChI=1S/C20H21N3O3/c1-12-9-16(7-8-21-12)15-6-4-5-14(10-15)13(2)22-19(25)17-11-23(3)20(26)18(17)24/h4-10,13,24H,11H2,1-3H3,(H,22,25)/t13-/m1/s1. The average Bonchev–Trinajstić information content (AvgIpc) is 2.89. The maximum Gasteiger partial charge on any atom is 0.289 e. The van der Waals surface area contributed by atoms with Crippen LogP contribution >= 0.6 is 0 Å². The summed E-state index contributed by atoms with van der Waals surface area (Å²) in [5.41, 5.74) is 4.06. The molecule has 2 heterocycles. The van der Waals surface area contributed by atoms with Gasteiger partial charge in [-0.15, -0.1) is 0 Å². The number of likely N-dealkylation sites (N-methyl/N-ethyl adjacent to an activating group) is 1. The molecule has 6 nitrogen and oxygen atoms in total. The molecule has 0 saturated heterocycles. The number of aromatic nitrogens is 1. The molecular weight excluding hydrogens is 330 g/mol. The first-order valence-corrected chi connectivity index (χ1v) is 8.38. The second-order valence-corrected chi connectivity index (χ2v) is 6.49. The van der Waals surface area contributed by atoms with Gasteiger partial charge in [-0.3, -0.25) is 14.6 Å². The van der Waals surface area contributed by atoms with Gasteiger partial charge in [0.2, 0.25) is 0 Å². The van der Waals surface area contributed by atoms with Gasteiger partial charge in [-0.05, 0) is 48.7 Å². The van der Waals surface area contributed by atoms with Gasteiger partial charge in [0, 0.05) is 18.9 Å². The number of pyridine rings is 1. The summed E-state index contributed by atoms with van der Waals surface area (Å²) in [5.74, 6) is -1.44. The fourth-order valence-corrected chi connectivity index (χ4v) is 2.95. The van der Waals surface area contributed by atoms with Gasteiger partial charge in [-0.2, -0.15) is 0 Å². The fraction of sp³-hybridized carbons (Fsp3) is 0.250. The van der Waals surface area contributed by atoms with Crippen LogP contribution in [0.4, 0.5) is 0 Å². The molecule has 0 aliphatic carbocycles. The van der Waals surface area contributed by atoms with Crippen LogP contribution in [0.15, 0.2) is 53.9 Å². The van der Waals surface area contributed by atoms with Crippen LogP contribution in [-0.2, 0) is 9.59 Å². The normalized spacial score (nSPS) is 15.3. The molecule has 0 bridgehead atoms. The summed E-state index contributed by atoms with van der Waals surface area (Å²) in [7, 11) is 1.54. The minimum absolute atomic E-state index is 0.102. The first-order valence-electron chi connectivity index (χ1n) is 8.38. The highest BCUT2D eigenvalue weighted by Crippen LogP contribution is 2.24. The van der Waals surface area contributed by atoms with Gasteiger partial charge >= 0.3 is 0 Å². The van der Waals surface area contributed by atoms with Gasteiger partial charge in [0.15, 0.2) is 5.76 Å². The molecule has 2 N–H and O–H groups in total. The zero-order valence-corrected chi connectivity index (χ0v) is 15.0. The summed E-state index contributed by atoms with van der Waals surface area (Å²) in [6, 6.07) is 11.6. The Labute approximate surface area is 152 Å². The number of nitrogens with zero attached hydrogens (tertiary/aromatic N) is 2. The van der Waals surface area contributed by atoms with E-state index in [-0.39, 0.29) is 18.2 Å². The third-order valence-corrected chi connectivity index (χ3v) is 4.47. The van der Waals surface area contributed by atoms with Crippen LogP contribution in [-0.4, -0.2) is 40.4 Å². The van der Waals surface area contributed by atoms with Crippen molar-refractivity contribution >= 4 is 11.8 Å². The number of carbonyl (C=O) groups is 2. The van der Waals surface area contributed by atoms with Crippen molar-refractivity contribution in [2.24, 2.45) is 0 Å². The molecule has 0 saturated carbocycles. The smallest absolute Gasteiger partial charge is 0.289 e. The highest BCUT2D eigenvalue weighted by atomic mass is 16.3. The molecule has 134 valence electrons. The predicted molar refractivity (Wildman–Crippen MR) is 98.3 cm³/mol. The molecule has 1 aromatic carbocycles. The number of nitrogens with one attached hydrogen (secondary N) is 1. The van der Waals surface area contributed by atoms with Crippen molar-refractivity contribution in [1.82, 2.24) is 15.2 Å². The first kappa shape index (κ1) is 17.7. The van der Waals surface area contributed by atoms with Crippen molar-refractivity contribution in [3.63, 3.8) is 0 Å². The number of rotatable bonds is 4. The molecule has 2 aromatic rings. The van der Waals surface area contributed by atoms with Crippen LogP contribution in [0.25, 0.3) is 11.1 Å². The zero-order valence-electron chi connectivity index (χ0n) is 15.0. The fourth-order valence-electron chi connectivity index (χ4n) is 2.95. The number of aryl methyl sites for hydroxylation is 1. The lowest BCUT2D eigenvalue weighted by atomic mass is 10.00. The van der Waals surface area contributed by atoms with E-state index in [1.165, 1.54) is 4.90 Å². The van der Waals surface area contributed by atoms with Crippen LogP contribution in [0.3, 0.4) is 0 Å². The van der Waals surface area contributed by atoms with Gasteiger partial charge in [-0.25, -0.2) is 0 Å². The number of carbonyl (C=O) groups excluding carboxylic acids is 2. The van der Waals surface area contributed by atoms with E-state index in [4.69, 9.17) is 0 Å². The van der Waals surface area contributed by atoms with Crippen molar-refractivity contribution < 1.29 is 14.7 Å². The topological polar surface area (TPSA) is 82.5 Å². The summed E-state index contributed by atoms with van der Waals surface area (Å²) < 4.78 is 0. The van der Waals surface area contributed by atoms with Crippen molar-refractivity contribution in [3.05, 3.63) is 65.2 Å². The molecule has 26 heavy (non-hydrogen) atoms. The van der Waals surface area contributed by atoms with Crippen LogP contribution in [0.2, 0.25) is 0 Å². The monoisotopic (exact) mass is 351 g/mol. The predicted octanol–water partition coefficient (Wildman–Crippen LogP) is 2.52. The number of hydrogen-bond donors (Lipinski definition) is 2. The molecule has 2 amide bonds. The highest BCUT2D eigenvalue weighted by Gasteiger charge is 2.32. The Kier molecular flexibility index (Phi) is 4.75. The second kappa shape index (κ2) is 7.00. The zero-order chi connectivity index (χ0) is 18.8. The molecule has 3 rings (SSSR count). The highest BCUT2D eigenvalue weighted by molar-refractivity contribution is 6.06. The quantitative estimate of drug-likeness (QED) is 0.887. The molecule has 0 spiro atoms. The molecule has 0 radical (unpaired) electrons. The van der Waals surface area contributed by atoms with Gasteiger partial charge in [0.1, 0.15) is 0 Å². The molecular formula is C20H21N3O3. The average molecular weight is 351 g/mol. The van der Waals surface area contributed by atoms with E-state index < -0.39 is 17.6 Å². The molecule has 1 aliphatic heterocycles. The number of aliphatic hydroxyl groups excluding tert-OH is 1. The summed E-state index contributed by atoms with van der Waals surface area (Å²) in [4.78, 5) is 29.6. The van der Waals surface area contributed by atoms with Gasteiger partial charge in [0.25, 0.3) is 11.8 Å². The summed E-state index contributed by atoms with van der Waals surface area (Å²) in [6.07, 6.45) is 1.77. The summed E-state index contributed by atoms with van der Waals surface area (Å²) in [6.45, 7) is 3.92. The Bertz CT molecular complexity index is 905. The van der Waals surface area contributed by atoms with Crippen LogP contribution in [0.1, 0.15) is 24.2 Å². The van der Waals surface area contributed by atoms with Crippen LogP contribution < -0.4 is 5.32 Å². The molecule has 0 fully saturated rings.